The van der Waals surface area contributed by atoms with Gasteiger partial charge in [-0.3, -0.25) is 4.90 Å². The maximum absolute atomic E-state index is 5.28. The van der Waals surface area contributed by atoms with Gasteiger partial charge in [-0.15, -0.1) is 11.3 Å². The van der Waals surface area contributed by atoms with Crippen LogP contribution >= 0.6 is 11.3 Å². The molecule has 0 saturated carbocycles. The highest BCUT2D eigenvalue weighted by molar-refractivity contribution is 7.26. The van der Waals surface area contributed by atoms with E-state index in [0.29, 0.717) is 0 Å². The Kier molecular flexibility index (Phi) is 5.35. The van der Waals surface area contributed by atoms with Gasteiger partial charge in [-0.1, -0.05) is 109 Å². The van der Waals surface area contributed by atoms with E-state index in [0.717, 1.165) is 22.7 Å². The van der Waals surface area contributed by atoms with E-state index in [-0.39, 0.29) is 0 Å². The van der Waals surface area contributed by atoms with Crippen LogP contribution in [0.3, 0.4) is 0 Å². The molecule has 8 aromatic rings. The fourth-order valence-corrected chi connectivity index (χ4v) is 6.92. The molecule has 0 atom stereocenters. The van der Waals surface area contributed by atoms with Crippen LogP contribution in [-0.2, 0) is 0 Å². The van der Waals surface area contributed by atoms with Crippen molar-refractivity contribution in [3.63, 3.8) is 0 Å². The van der Waals surface area contributed by atoms with Gasteiger partial charge in [-0.25, -0.2) is 4.98 Å². The number of para-hydroxylation sites is 1. The van der Waals surface area contributed by atoms with E-state index in [2.05, 4.69) is 150 Å². The maximum Gasteiger partial charge on any atom is 0.138 e. The van der Waals surface area contributed by atoms with Crippen molar-refractivity contribution in [1.82, 2.24) is 4.98 Å². The summed E-state index contributed by atoms with van der Waals surface area (Å²) in [5.74, 6) is 0.907. The summed E-state index contributed by atoms with van der Waals surface area (Å²) in [5.41, 5.74) is 5.65. The van der Waals surface area contributed by atoms with Gasteiger partial charge in [0.25, 0.3) is 0 Å². The number of rotatable bonds is 4. The first-order valence-corrected chi connectivity index (χ1v) is 14.3. The SMILES string of the molecule is c1ccc(N(c2ccc(-c3cccc4ccccc34)cc2)c2ccc3sc4c5ccccc5ccc4c3n2)cc1. The van der Waals surface area contributed by atoms with Crippen LogP contribution in [0.1, 0.15) is 0 Å². The summed E-state index contributed by atoms with van der Waals surface area (Å²) in [6.07, 6.45) is 0. The van der Waals surface area contributed by atoms with Crippen LogP contribution in [0.15, 0.2) is 146 Å². The summed E-state index contributed by atoms with van der Waals surface area (Å²) in [5, 5.41) is 6.28. The lowest BCUT2D eigenvalue weighted by Crippen LogP contribution is -2.11. The molecule has 188 valence electrons. The van der Waals surface area contributed by atoms with Crippen molar-refractivity contribution in [2.75, 3.05) is 4.90 Å². The number of pyridine rings is 1. The fraction of sp³-hybridized carbons (Fsp3) is 0. The lowest BCUT2D eigenvalue weighted by molar-refractivity contribution is 1.21. The van der Waals surface area contributed by atoms with E-state index in [4.69, 9.17) is 4.98 Å². The minimum Gasteiger partial charge on any atom is -0.295 e. The molecule has 0 aliphatic heterocycles. The van der Waals surface area contributed by atoms with Gasteiger partial charge >= 0.3 is 0 Å². The first kappa shape index (κ1) is 22.9. The van der Waals surface area contributed by atoms with Crippen molar-refractivity contribution in [3.05, 3.63) is 146 Å². The summed E-state index contributed by atoms with van der Waals surface area (Å²) in [6.45, 7) is 0. The quantitative estimate of drug-likeness (QED) is 0.226. The average Bonchev–Trinajstić information content (AvgIpc) is 3.40. The Balaban J connectivity index is 1.27. The molecular weight excluding hydrogens is 504 g/mol. The van der Waals surface area contributed by atoms with E-state index in [1.165, 1.54) is 47.5 Å². The Morgan fingerprint density at radius 1 is 0.475 bits per heavy atom. The Morgan fingerprint density at radius 3 is 1.98 bits per heavy atom. The third kappa shape index (κ3) is 3.75. The Hall–Kier alpha value is -4.99. The third-order valence-electron chi connectivity index (χ3n) is 7.66. The predicted octanol–water partition coefficient (Wildman–Crippen LogP) is 10.9. The zero-order valence-corrected chi connectivity index (χ0v) is 22.5. The molecule has 0 aliphatic carbocycles. The number of hydrogen-bond acceptors (Lipinski definition) is 3. The van der Waals surface area contributed by atoms with Gasteiger partial charge in [0.1, 0.15) is 5.82 Å². The summed E-state index contributed by atoms with van der Waals surface area (Å²) < 4.78 is 2.50. The highest BCUT2D eigenvalue weighted by Gasteiger charge is 2.17. The van der Waals surface area contributed by atoms with Gasteiger partial charge in [0.15, 0.2) is 0 Å². The van der Waals surface area contributed by atoms with E-state index < -0.39 is 0 Å². The lowest BCUT2D eigenvalue weighted by Gasteiger charge is -2.24. The van der Waals surface area contributed by atoms with E-state index >= 15 is 0 Å². The molecule has 0 bridgehead atoms. The summed E-state index contributed by atoms with van der Waals surface area (Å²) in [7, 11) is 0. The Labute approximate surface area is 236 Å². The minimum atomic E-state index is 0.907. The topological polar surface area (TPSA) is 16.1 Å². The third-order valence-corrected chi connectivity index (χ3v) is 8.85. The number of fused-ring (bicyclic) bond motifs is 6. The number of benzene rings is 6. The molecule has 0 spiro atoms. The zero-order chi connectivity index (χ0) is 26.5. The highest BCUT2D eigenvalue weighted by atomic mass is 32.1. The molecule has 6 aromatic carbocycles. The fourth-order valence-electron chi connectivity index (χ4n) is 5.74. The number of nitrogens with zero attached hydrogens (tertiary/aromatic N) is 2. The molecular formula is C37H24N2S. The molecule has 0 radical (unpaired) electrons. The van der Waals surface area contributed by atoms with Crippen LogP contribution in [0.25, 0.3) is 53.0 Å². The van der Waals surface area contributed by atoms with E-state index in [1.54, 1.807) is 0 Å². The van der Waals surface area contributed by atoms with Crippen molar-refractivity contribution >= 4 is 70.4 Å². The molecule has 8 rings (SSSR count). The second kappa shape index (κ2) is 9.33. The number of aromatic nitrogens is 1. The largest absolute Gasteiger partial charge is 0.295 e. The monoisotopic (exact) mass is 528 g/mol. The highest BCUT2D eigenvalue weighted by Crippen LogP contribution is 2.41. The molecule has 0 unspecified atom stereocenters. The van der Waals surface area contributed by atoms with E-state index in [1.807, 2.05) is 11.3 Å². The predicted molar refractivity (Wildman–Crippen MR) is 172 cm³/mol. The van der Waals surface area contributed by atoms with Crippen LogP contribution in [0.2, 0.25) is 0 Å². The summed E-state index contributed by atoms with van der Waals surface area (Å²) >= 11 is 1.82. The van der Waals surface area contributed by atoms with Gasteiger partial charge in [-0.2, -0.15) is 0 Å². The van der Waals surface area contributed by atoms with Crippen LogP contribution in [0.5, 0.6) is 0 Å². The van der Waals surface area contributed by atoms with Gasteiger partial charge in [-0.05, 0) is 69.1 Å². The van der Waals surface area contributed by atoms with Gasteiger partial charge in [0.05, 0.1) is 10.2 Å². The second-order valence-electron chi connectivity index (χ2n) is 10.0. The molecule has 3 heteroatoms. The maximum atomic E-state index is 5.28. The molecule has 0 aliphatic rings. The van der Waals surface area contributed by atoms with Crippen molar-refractivity contribution < 1.29 is 0 Å². The van der Waals surface area contributed by atoms with Crippen molar-refractivity contribution in [2.45, 2.75) is 0 Å². The normalized spacial score (nSPS) is 11.5. The molecule has 0 fully saturated rings. The first-order chi connectivity index (χ1) is 19.8. The van der Waals surface area contributed by atoms with Gasteiger partial charge in [0.2, 0.25) is 0 Å². The van der Waals surface area contributed by atoms with Crippen LogP contribution in [0, 0.1) is 0 Å². The zero-order valence-electron chi connectivity index (χ0n) is 21.7. The number of hydrogen-bond donors (Lipinski definition) is 0. The lowest BCUT2D eigenvalue weighted by atomic mass is 9.98. The minimum absolute atomic E-state index is 0.907. The Bertz CT molecular complexity index is 2160. The standard InChI is InChI=1S/C37H24N2S/c1-2-12-28(13-3-1)39(29-20-17-27(18-21-29)31-16-8-11-25-9-4-6-14-30(25)31)35-24-23-34-36(38-35)33-22-19-26-10-5-7-15-32(26)37(33)40-34/h1-24H. The molecule has 0 amide bonds. The molecule has 0 N–H and O–H groups in total. The molecule has 2 heterocycles. The van der Waals surface area contributed by atoms with Crippen LogP contribution in [0.4, 0.5) is 17.2 Å². The van der Waals surface area contributed by atoms with Crippen molar-refractivity contribution in [2.24, 2.45) is 0 Å². The van der Waals surface area contributed by atoms with Crippen LogP contribution < -0.4 is 4.90 Å². The number of thiophene rings is 1. The van der Waals surface area contributed by atoms with Crippen LogP contribution in [-0.4, -0.2) is 4.98 Å². The van der Waals surface area contributed by atoms with Crippen molar-refractivity contribution in [3.8, 4) is 11.1 Å². The first-order valence-electron chi connectivity index (χ1n) is 13.5. The number of anilines is 3. The van der Waals surface area contributed by atoms with Gasteiger partial charge < -0.3 is 0 Å². The molecule has 2 aromatic heterocycles. The van der Waals surface area contributed by atoms with Gasteiger partial charge in [0, 0.05) is 21.5 Å². The molecule has 2 nitrogen and oxygen atoms in total. The smallest absolute Gasteiger partial charge is 0.138 e. The molecule has 0 saturated heterocycles. The summed E-state index contributed by atoms with van der Waals surface area (Å²) in [4.78, 5) is 7.53. The molecule has 40 heavy (non-hydrogen) atoms. The summed E-state index contributed by atoms with van der Waals surface area (Å²) in [6, 6.07) is 51.8. The average molecular weight is 529 g/mol. The Morgan fingerprint density at radius 2 is 1.15 bits per heavy atom. The van der Waals surface area contributed by atoms with Crippen molar-refractivity contribution in [1.29, 1.82) is 0 Å². The second-order valence-corrected chi connectivity index (χ2v) is 11.1. The van der Waals surface area contributed by atoms with E-state index in [9.17, 15) is 0 Å².